The van der Waals surface area contributed by atoms with E-state index in [9.17, 15) is 4.79 Å². The molecule has 16 heavy (non-hydrogen) atoms. The molecular formula is C11H10BrNO3. The molecule has 1 rings (SSSR count). The highest BCUT2D eigenvalue weighted by molar-refractivity contribution is 9.10. The zero-order chi connectivity index (χ0) is 12.1. The number of methoxy groups -OCH3 is 1. The summed E-state index contributed by atoms with van der Waals surface area (Å²) in [5.74, 6) is 0.834. The van der Waals surface area contributed by atoms with Crippen LogP contribution in [0.1, 0.15) is 17.3 Å². The van der Waals surface area contributed by atoms with E-state index in [4.69, 9.17) is 14.7 Å². The average Bonchev–Trinajstić information content (AvgIpc) is 2.30. The monoisotopic (exact) mass is 283 g/mol. The van der Waals surface area contributed by atoms with Crippen LogP contribution in [0.4, 0.5) is 0 Å². The number of nitriles is 1. The first-order valence-electron chi connectivity index (χ1n) is 4.51. The first kappa shape index (κ1) is 12.5. The van der Waals surface area contributed by atoms with Crippen molar-refractivity contribution in [3.8, 4) is 17.6 Å². The molecule has 0 saturated carbocycles. The van der Waals surface area contributed by atoms with Crippen LogP contribution >= 0.6 is 15.9 Å². The number of carbonyl (C=O) groups is 1. The number of benzene rings is 1. The van der Waals surface area contributed by atoms with E-state index in [2.05, 4.69) is 15.9 Å². The summed E-state index contributed by atoms with van der Waals surface area (Å²) in [5, 5.41) is 8.66. The summed E-state index contributed by atoms with van der Waals surface area (Å²) in [6.45, 7) is 1.62. The molecule has 0 N–H and O–H groups in total. The zero-order valence-electron chi connectivity index (χ0n) is 8.86. The molecule has 0 aliphatic rings. The lowest BCUT2D eigenvalue weighted by Crippen LogP contribution is -2.09. The first-order chi connectivity index (χ1) is 7.62. The largest absolute Gasteiger partial charge is 0.493 e. The number of rotatable bonds is 4. The molecule has 0 fully saturated rings. The fraction of sp³-hybridized carbons (Fsp3) is 0.273. The highest BCUT2D eigenvalue weighted by Crippen LogP contribution is 2.36. The second-order valence-electron chi connectivity index (χ2n) is 3.04. The van der Waals surface area contributed by atoms with E-state index in [1.165, 1.54) is 7.11 Å². The van der Waals surface area contributed by atoms with E-state index >= 15 is 0 Å². The Morgan fingerprint density at radius 2 is 2.25 bits per heavy atom. The van der Waals surface area contributed by atoms with Gasteiger partial charge in [0, 0.05) is 5.56 Å². The number of nitrogens with zero attached hydrogens (tertiary/aromatic N) is 1. The van der Waals surface area contributed by atoms with Gasteiger partial charge in [-0.15, -0.1) is 0 Å². The van der Waals surface area contributed by atoms with Gasteiger partial charge >= 0.3 is 0 Å². The third kappa shape index (κ3) is 2.74. The molecule has 84 valence electrons. The van der Waals surface area contributed by atoms with Gasteiger partial charge < -0.3 is 9.47 Å². The Kier molecular flexibility index (Phi) is 4.32. The summed E-state index contributed by atoms with van der Waals surface area (Å²) in [6, 6.07) is 5.11. The van der Waals surface area contributed by atoms with Crippen LogP contribution in [0.3, 0.4) is 0 Å². The molecule has 4 nitrogen and oxygen atoms in total. The van der Waals surface area contributed by atoms with Crippen LogP contribution in [-0.2, 0) is 0 Å². The van der Waals surface area contributed by atoms with Crippen LogP contribution in [0.15, 0.2) is 16.6 Å². The Balaban J connectivity index is 3.17. The van der Waals surface area contributed by atoms with Gasteiger partial charge in [0.2, 0.25) is 0 Å². The van der Waals surface area contributed by atoms with Gasteiger partial charge in [0.15, 0.2) is 17.6 Å². The van der Waals surface area contributed by atoms with E-state index in [0.717, 1.165) is 0 Å². The van der Waals surface area contributed by atoms with Gasteiger partial charge in [0.05, 0.1) is 11.6 Å². The molecule has 0 saturated heterocycles. The van der Waals surface area contributed by atoms with E-state index in [1.54, 1.807) is 19.1 Å². The Bertz CT molecular complexity index is 440. The SMILES string of the molecule is COc1cc(C=O)cc(Br)c1OC(C)C#N. The molecule has 0 heterocycles. The minimum Gasteiger partial charge on any atom is -0.493 e. The van der Waals surface area contributed by atoms with Crippen molar-refractivity contribution in [2.75, 3.05) is 7.11 Å². The van der Waals surface area contributed by atoms with Gasteiger partial charge in [-0.25, -0.2) is 0 Å². The molecule has 0 amide bonds. The minimum absolute atomic E-state index is 0.415. The van der Waals surface area contributed by atoms with Gasteiger partial charge in [0.1, 0.15) is 12.4 Å². The Morgan fingerprint density at radius 1 is 1.56 bits per heavy atom. The van der Waals surface area contributed by atoms with Crippen molar-refractivity contribution in [2.45, 2.75) is 13.0 Å². The van der Waals surface area contributed by atoms with Crippen LogP contribution in [0, 0.1) is 11.3 Å². The van der Waals surface area contributed by atoms with E-state index in [0.29, 0.717) is 27.8 Å². The molecule has 0 spiro atoms. The van der Waals surface area contributed by atoms with Crippen molar-refractivity contribution in [1.29, 1.82) is 5.26 Å². The van der Waals surface area contributed by atoms with Crippen molar-refractivity contribution in [1.82, 2.24) is 0 Å². The topological polar surface area (TPSA) is 59.3 Å². The number of carbonyl (C=O) groups excluding carboxylic acids is 1. The fourth-order valence-corrected chi connectivity index (χ4v) is 1.68. The van der Waals surface area contributed by atoms with Gasteiger partial charge in [-0.1, -0.05) is 0 Å². The maximum absolute atomic E-state index is 10.6. The lowest BCUT2D eigenvalue weighted by molar-refractivity contribution is 0.112. The zero-order valence-corrected chi connectivity index (χ0v) is 10.4. The number of hydrogen-bond donors (Lipinski definition) is 0. The maximum atomic E-state index is 10.6. The van der Waals surface area contributed by atoms with Gasteiger partial charge in [-0.2, -0.15) is 5.26 Å². The lowest BCUT2D eigenvalue weighted by Gasteiger charge is -2.14. The molecule has 0 bridgehead atoms. The summed E-state index contributed by atoms with van der Waals surface area (Å²) >= 11 is 3.26. The van der Waals surface area contributed by atoms with Crippen molar-refractivity contribution in [3.63, 3.8) is 0 Å². The van der Waals surface area contributed by atoms with Crippen LogP contribution in [-0.4, -0.2) is 19.5 Å². The third-order valence-corrected chi connectivity index (χ3v) is 2.45. The summed E-state index contributed by atoms with van der Waals surface area (Å²) in [5.41, 5.74) is 0.473. The second-order valence-corrected chi connectivity index (χ2v) is 3.90. The van der Waals surface area contributed by atoms with Crippen molar-refractivity contribution in [2.24, 2.45) is 0 Å². The predicted octanol–water partition coefficient (Wildman–Crippen LogP) is 2.56. The summed E-state index contributed by atoms with van der Waals surface area (Å²) in [6.07, 6.45) is 0.123. The lowest BCUT2D eigenvalue weighted by atomic mass is 10.2. The van der Waals surface area contributed by atoms with Gasteiger partial charge in [-0.3, -0.25) is 4.79 Å². The Hall–Kier alpha value is -1.54. The minimum atomic E-state index is -0.590. The molecular weight excluding hydrogens is 274 g/mol. The smallest absolute Gasteiger partial charge is 0.181 e. The molecule has 0 aliphatic heterocycles. The average molecular weight is 284 g/mol. The van der Waals surface area contributed by atoms with Crippen LogP contribution in [0.25, 0.3) is 0 Å². The van der Waals surface area contributed by atoms with Crippen molar-refractivity contribution < 1.29 is 14.3 Å². The molecule has 1 aromatic carbocycles. The molecule has 5 heteroatoms. The van der Waals surface area contributed by atoms with Crippen LogP contribution in [0.5, 0.6) is 11.5 Å². The number of aldehydes is 1. The summed E-state index contributed by atoms with van der Waals surface area (Å²) in [7, 11) is 1.47. The van der Waals surface area contributed by atoms with Crippen LogP contribution in [0.2, 0.25) is 0 Å². The number of halogens is 1. The Labute approximate surface area is 102 Å². The van der Waals surface area contributed by atoms with Gasteiger partial charge in [0.25, 0.3) is 0 Å². The van der Waals surface area contributed by atoms with Crippen LogP contribution < -0.4 is 9.47 Å². The normalized spacial score (nSPS) is 11.4. The molecule has 1 atom stereocenters. The first-order valence-corrected chi connectivity index (χ1v) is 5.30. The molecule has 1 unspecified atom stereocenters. The molecule has 0 aromatic heterocycles. The number of hydrogen-bond acceptors (Lipinski definition) is 4. The highest BCUT2D eigenvalue weighted by atomic mass is 79.9. The second kappa shape index (κ2) is 5.52. The van der Waals surface area contributed by atoms with Gasteiger partial charge in [-0.05, 0) is 35.0 Å². The summed E-state index contributed by atoms with van der Waals surface area (Å²) in [4.78, 5) is 10.6. The van der Waals surface area contributed by atoms with E-state index in [-0.39, 0.29) is 0 Å². The fourth-order valence-electron chi connectivity index (χ4n) is 1.13. The quantitative estimate of drug-likeness (QED) is 0.797. The predicted molar refractivity (Wildman–Crippen MR) is 61.8 cm³/mol. The van der Waals surface area contributed by atoms with Crippen molar-refractivity contribution in [3.05, 3.63) is 22.2 Å². The third-order valence-electron chi connectivity index (χ3n) is 1.86. The summed E-state index contributed by atoms with van der Waals surface area (Å²) < 4.78 is 11.0. The highest BCUT2D eigenvalue weighted by Gasteiger charge is 2.14. The van der Waals surface area contributed by atoms with Crippen molar-refractivity contribution >= 4 is 22.2 Å². The Morgan fingerprint density at radius 3 is 2.75 bits per heavy atom. The molecule has 0 aliphatic carbocycles. The van der Waals surface area contributed by atoms with E-state index in [1.807, 2.05) is 6.07 Å². The van der Waals surface area contributed by atoms with E-state index < -0.39 is 6.10 Å². The maximum Gasteiger partial charge on any atom is 0.181 e. The number of ether oxygens (including phenoxy) is 2. The molecule has 1 aromatic rings. The standard InChI is InChI=1S/C11H10BrNO3/c1-7(5-13)16-11-9(12)3-8(6-14)4-10(11)15-2/h3-4,6-7H,1-2H3. The molecule has 0 radical (unpaired) electrons.